The zero-order valence-corrected chi connectivity index (χ0v) is 14.2. The maximum atomic E-state index is 5.57. The lowest BCUT2D eigenvalue weighted by Crippen LogP contribution is -1.97. The maximum Gasteiger partial charge on any atom is 0.227 e. The second-order valence-electron chi connectivity index (χ2n) is 5.29. The van der Waals surface area contributed by atoms with E-state index < -0.39 is 0 Å². The molecule has 4 rings (SSSR count). The van der Waals surface area contributed by atoms with Crippen molar-refractivity contribution in [2.45, 2.75) is 0 Å². The molecule has 0 saturated carbocycles. The summed E-state index contributed by atoms with van der Waals surface area (Å²) in [5, 5.41) is 7.17. The minimum Gasteiger partial charge on any atom is -0.384 e. The first kappa shape index (κ1) is 17.0. The van der Waals surface area contributed by atoms with E-state index in [0.29, 0.717) is 11.8 Å². The van der Waals surface area contributed by atoms with Crippen LogP contribution >= 0.6 is 0 Å². The van der Waals surface area contributed by atoms with Crippen LogP contribution in [0.2, 0.25) is 0 Å². The first-order valence-electron chi connectivity index (χ1n) is 7.86. The minimum atomic E-state index is 0.483. The molecule has 0 fully saturated rings. The van der Waals surface area contributed by atoms with Gasteiger partial charge in [-0.1, -0.05) is 6.07 Å². The highest BCUT2D eigenvalue weighted by molar-refractivity contribution is 5.61. The third-order valence-corrected chi connectivity index (χ3v) is 3.27. The second-order valence-corrected chi connectivity index (χ2v) is 5.29. The summed E-state index contributed by atoms with van der Waals surface area (Å²) in [7, 11) is 1.85. The largest absolute Gasteiger partial charge is 0.384 e. The van der Waals surface area contributed by atoms with E-state index >= 15 is 0 Å². The number of nitrogens with one attached hydrogen (secondary N) is 1. The van der Waals surface area contributed by atoms with Crippen molar-refractivity contribution in [3.05, 3.63) is 73.6 Å². The number of pyridine rings is 2. The van der Waals surface area contributed by atoms with Gasteiger partial charge < -0.3 is 11.1 Å². The Kier molecular flexibility index (Phi) is 5.46. The lowest BCUT2D eigenvalue weighted by Gasteiger charge is -2.04. The van der Waals surface area contributed by atoms with E-state index in [1.54, 1.807) is 41.7 Å². The van der Waals surface area contributed by atoms with Gasteiger partial charge in [-0.25, -0.2) is 15.0 Å². The average Bonchev–Trinajstić information content (AvgIpc) is 3.09. The molecule has 0 aliphatic heterocycles. The Morgan fingerprint density at radius 2 is 1.81 bits per heavy atom. The van der Waals surface area contributed by atoms with Gasteiger partial charge in [-0.2, -0.15) is 5.10 Å². The highest BCUT2D eigenvalue weighted by Crippen LogP contribution is 2.18. The molecule has 0 unspecified atom stereocenters. The zero-order chi connectivity index (χ0) is 18.2. The van der Waals surface area contributed by atoms with E-state index in [1.807, 2.05) is 43.6 Å². The number of rotatable bonds is 3. The number of hydrogen-bond acceptors (Lipinski definition) is 7. The van der Waals surface area contributed by atoms with Gasteiger partial charge >= 0.3 is 0 Å². The van der Waals surface area contributed by atoms with Gasteiger partial charge in [-0.05, 0) is 30.3 Å². The normalized spacial score (nSPS) is 9.88. The Morgan fingerprint density at radius 1 is 0.962 bits per heavy atom. The fourth-order valence-corrected chi connectivity index (χ4v) is 2.06. The first-order chi connectivity index (χ1) is 12.7. The molecule has 0 aliphatic rings. The second kappa shape index (κ2) is 8.34. The molecule has 0 radical (unpaired) electrons. The number of hydrogen-bond donors (Lipinski definition) is 2. The highest BCUT2D eigenvalue weighted by Gasteiger charge is 2.04. The number of aromatic nitrogens is 6. The average molecular weight is 346 g/mol. The van der Waals surface area contributed by atoms with Crippen LogP contribution in [-0.2, 0) is 7.05 Å². The van der Waals surface area contributed by atoms with Crippen LogP contribution in [-0.4, -0.2) is 29.7 Å². The fraction of sp³-hybridized carbons (Fsp3) is 0.0556. The summed E-state index contributed by atoms with van der Waals surface area (Å²) < 4.78 is 1.70. The molecule has 0 amide bonds. The van der Waals surface area contributed by atoms with E-state index in [9.17, 15) is 0 Å². The Hall–Kier alpha value is -3.81. The van der Waals surface area contributed by atoms with Crippen LogP contribution in [0.25, 0.3) is 11.3 Å². The summed E-state index contributed by atoms with van der Waals surface area (Å²) in [5.41, 5.74) is 8.07. The highest BCUT2D eigenvalue weighted by atomic mass is 15.3. The van der Waals surface area contributed by atoms with Gasteiger partial charge in [0, 0.05) is 43.6 Å². The lowest BCUT2D eigenvalue weighted by molar-refractivity contribution is 0.768. The molecule has 8 heteroatoms. The summed E-state index contributed by atoms with van der Waals surface area (Å²) in [6, 6.07) is 11.2. The number of aryl methyl sites for hydroxylation is 1. The van der Waals surface area contributed by atoms with Gasteiger partial charge in [0.15, 0.2) is 0 Å². The van der Waals surface area contributed by atoms with Gasteiger partial charge in [-0.15, -0.1) is 0 Å². The predicted molar refractivity (Wildman–Crippen MR) is 100 cm³/mol. The molecule has 0 aliphatic carbocycles. The predicted octanol–water partition coefficient (Wildman–Crippen LogP) is 2.68. The van der Waals surface area contributed by atoms with Gasteiger partial charge in [0.05, 0.1) is 17.6 Å². The number of nitrogens with two attached hydrogens (primary N) is 1. The topological polar surface area (TPSA) is 107 Å². The van der Waals surface area contributed by atoms with Crippen molar-refractivity contribution in [3.63, 3.8) is 0 Å². The fourth-order valence-electron chi connectivity index (χ4n) is 2.06. The van der Waals surface area contributed by atoms with Gasteiger partial charge in [-0.3, -0.25) is 9.67 Å². The molecule has 4 heterocycles. The third kappa shape index (κ3) is 4.84. The molecule has 0 bridgehead atoms. The van der Waals surface area contributed by atoms with Crippen LogP contribution in [0, 0.1) is 0 Å². The van der Waals surface area contributed by atoms with Crippen molar-refractivity contribution in [2.24, 2.45) is 7.05 Å². The molecule has 0 spiro atoms. The Bertz CT molecular complexity index is 908. The van der Waals surface area contributed by atoms with E-state index in [0.717, 1.165) is 16.9 Å². The first-order valence-corrected chi connectivity index (χ1v) is 7.86. The number of anilines is 3. The van der Waals surface area contributed by atoms with Crippen LogP contribution in [0.3, 0.4) is 0 Å². The molecule has 8 nitrogen and oxygen atoms in total. The van der Waals surface area contributed by atoms with E-state index in [4.69, 9.17) is 5.73 Å². The van der Waals surface area contributed by atoms with Crippen molar-refractivity contribution < 1.29 is 0 Å². The summed E-state index contributed by atoms with van der Waals surface area (Å²) in [6.07, 6.45) is 10.4. The molecule has 26 heavy (non-hydrogen) atoms. The van der Waals surface area contributed by atoms with Crippen LogP contribution in [0.1, 0.15) is 0 Å². The van der Waals surface area contributed by atoms with Crippen LogP contribution in [0.5, 0.6) is 0 Å². The molecule has 4 aromatic heterocycles. The van der Waals surface area contributed by atoms with Gasteiger partial charge in [0.25, 0.3) is 0 Å². The monoisotopic (exact) mass is 346 g/mol. The maximum absolute atomic E-state index is 5.57. The minimum absolute atomic E-state index is 0.483. The summed E-state index contributed by atoms with van der Waals surface area (Å²) in [5.74, 6) is 0.990. The SMILES string of the molecule is Cn1cc(Nc2nccc(-c3ccc(N)nc3)n2)cn1.c1ccncc1. The van der Waals surface area contributed by atoms with Crippen molar-refractivity contribution >= 4 is 17.5 Å². The van der Waals surface area contributed by atoms with E-state index in [-0.39, 0.29) is 0 Å². The van der Waals surface area contributed by atoms with Crippen LogP contribution in [0.15, 0.2) is 73.6 Å². The molecular formula is C18H18N8. The van der Waals surface area contributed by atoms with Crippen LogP contribution < -0.4 is 11.1 Å². The van der Waals surface area contributed by atoms with E-state index in [1.165, 1.54) is 0 Å². The van der Waals surface area contributed by atoms with Gasteiger partial charge in [0.1, 0.15) is 5.82 Å². The molecule has 3 N–H and O–H groups in total. The quantitative estimate of drug-likeness (QED) is 0.587. The standard InChI is InChI=1S/C13H13N7.C5H5N/c1-20-8-10(7-17-20)18-13-15-5-4-11(19-13)9-2-3-12(14)16-6-9;1-2-4-6-5-3-1/h2-8H,1H3,(H2,14,16)(H,15,18,19);1-5H. The third-order valence-electron chi connectivity index (χ3n) is 3.27. The van der Waals surface area contributed by atoms with Crippen molar-refractivity contribution in [3.8, 4) is 11.3 Å². The van der Waals surface area contributed by atoms with Crippen LogP contribution in [0.4, 0.5) is 17.5 Å². The smallest absolute Gasteiger partial charge is 0.227 e. The van der Waals surface area contributed by atoms with Gasteiger partial charge in [0.2, 0.25) is 5.95 Å². The summed E-state index contributed by atoms with van der Waals surface area (Å²) >= 11 is 0. The molecule has 0 saturated heterocycles. The van der Waals surface area contributed by atoms with Crippen molar-refractivity contribution in [1.29, 1.82) is 0 Å². The van der Waals surface area contributed by atoms with Crippen molar-refractivity contribution in [2.75, 3.05) is 11.1 Å². The molecule has 4 aromatic rings. The molecular weight excluding hydrogens is 328 g/mol. The Labute approximate surface area is 150 Å². The number of nitrogen functional groups attached to an aromatic ring is 1. The summed E-state index contributed by atoms with van der Waals surface area (Å²) in [4.78, 5) is 16.5. The van der Waals surface area contributed by atoms with E-state index in [2.05, 4.69) is 30.4 Å². The molecule has 0 atom stereocenters. The molecule has 130 valence electrons. The number of nitrogens with zero attached hydrogens (tertiary/aromatic N) is 6. The lowest BCUT2D eigenvalue weighted by atomic mass is 10.2. The summed E-state index contributed by atoms with van der Waals surface area (Å²) in [6.45, 7) is 0. The van der Waals surface area contributed by atoms with Crippen molar-refractivity contribution in [1.82, 2.24) is 29.7 Å². The Balaban J connectivity index is 0.000000278. The zero-order valence-electron chi connectivity index (χ0n) is 14.2. The Morgan fingerprint density at radius 3 is 2.38 bits per heavy atom. The molecule has 0 aromatic carbocycles.